The summed E-state index contributed by atoms with van der Waals surface area (Å²) in [4.78, 5) is 12.4. The van der Waals surface area contributed by atoms with Gasteiger partial charge in [0, 0.05) is 0 Å². The van der Waals surface area contributed by atoms with Crippen molar-refractivity contribution in [2.24, 2.45) is 5.92 Å². The normalized spacial score (nSPS) is 16.2. The van der Waals surface area contributed by atoms with Crippen LogP contribution in [-0.4, -0.2) is 5.97 Å². The number of allylic oxidation sites excluding steroid dienone is 2. The Balaban J connectivity index is 1.46. The van der Waals surface area contributed by atoms with E-state index in [1.807, 2.05) is 43.3 Å². The molecule has 0 radical (unpaired) electrons. The van der Waals surface area contributed by atoms with Crippen LogP contribution in [0.1, 0.15) is 92.6 Å². The molecule has 0 amide bonds. The first kappa shape index (κ1) is 22.3. The van der Waals surface area contributed by atoms with E-state index in [0.29, 0.717) is 11.3 Å². The van der Waals surface area contributed by atoms with E-state index in [-0.39, 0.29) is 5.97 Å². The van der Waals surface area contributed by atoms with E-state index in [0.717, 1.165) is 17.9 Å². The molecule has 0 heterocycles. The van der Waals surface area contributed by atoms with Crippen LogP contribution < -0.4 is 4.74 Å². The van der Waals surface area contributed by atoms with Gasteiger partial charge in [-0.05, 0) is 67.5 Å². The molecule has 160 valence electrons. The molecule has 2 heteroatoms. The third-order valence-corrected chi connectivity index (χ3v) is 6.21. The van der Waals surface area contributed by atoms with Crippen molar-refractivity contribution in [3.63, 3.8) is 0 Å². The third-order valence-electron chi connectivity index (χ3n) is 6.21. The van der Waals surface area contributed by atoms with Gasteiger partial charge in [-0.2, -0.15) is 0 Å². The predicted molar refractivity (Wildman–Crippen MR) is 126 cm³/mol. The highest BCUT2D eigenvalue weighted by Gasteiger charge is 2.16. The zero-order chi connectivity index (χ0) is 21.2. The van der Waals surface area contributed by atoms with Crippen LogP contribution in [0.5, 0.6) is 5.75 Å². The van der Waals surface area contributed by atoms with Gasteiger partial charge in [0.2, 0.25) is 0 Å². The highest BCUT2D eigenvalue weighted by Crippen LogP contribution is 2.33. The minimum Gasteiger partial charge on any atom is -0.423 e. The minimum absolute atomic E-state index is 0.304. The molecular formula is C28H36O2. The number of unbranched alkanes of at least 4 members (excludes halogenated alkanes) is 5. The van der Waals surface area contributed by atoms with Gasteiger partial charge in [0.05, 0.1) is 5.56 Å². The van der Waals surface area contributed by atoms with Gasteiger partial charge in [0.25, 0.3) is 0 Å². The summed E-state index contributed by atoms with van der Waals surface area (Å²) in [5.74, 6) is 1.13. The molecule has 2 aromatic rings. The van der Waals surface area contributed by atoms with Crippen LogP contribution in [0.2, 0.25) is 0 Å². The second-order valence-corrected chi connectivity index (χ2v) is 8.71. The Morgan fingerprint density at radius 2 is 1.63 bits per heavy atom. The van der Waals surface area contributed by atoms with Gasteiger partial charge in [-0.15, -0.1) is 0 Å². The number of aryl methyl sites for hydroxylation is 1. The van der Waals surface area contributed by atoms with Gasteiger partial charge in [-0.3, -0.25) is 0 Å². The largest absolute Gasteiger partial charge is 0.423 e. The molecule has 1 unspecified atom stereocenters. The molecule has 0 aliphatic heterocycles. The molecule has 0 fully saturated rings. The van der Waals surface area contributed by atoms with Crippen LogP contribution in [0.4, 0.5) is 0 Å². The summed E-state index contributed by atoms with van der Waals surface area (Å²) >= 11 is 0. The predicted octanol–water partition coefficient (Wildman–Crippen LogP) is 8.15. The van der Waals surface area contributed by atoms with Crippen LogP contribution >= 0.6 is 0 Å². The van der Waals surface area contributed by atoms with E-state index in [1.165, 1.54) is 68.9 Å². The molecule has 0 saturated heterocycles. The lowest BCUT2D eigenvalue weighted by atomic mass is 9.83. The van der Waals surface area contributed by atoms with Crippen molar-refractivity contribution in [1.82, 2.24) is 0 Å². The Hall–Kier alpha value is -2.35. The molecule has 3 rings (SSSR count). The molecular weight excluding hydrogens is 368 g/mol. The third kappa shape index (κ3) is 6.86. The van der Waals surface area contributed by atoms with Gasteiger partial charge in [0.1, 0.15) is 5.75 Å². The number of benzene rings is 2. The zero-order valence-corrected chi connectivity index (χ0v) is 18.7. The number of carbonyl (C=O) groups is 1. The Morgan fingerprint density at radius 1 is 0.933 bits per heavy atom. The minimum atomic E-state index is -0.304. The second-order valence-electron chi connectivity index (χ2n) is 8.71. The van der Waals surface area contributed by atoms with Gasteiger partial charge < -0.3 is 4.74 Å². The van der Waals surface area contributed by atoms with Gasteiger partial charge in [-0.25, -0.2) is 4.79 Å². The fraction of sp³-hybridized carbons (Fsp3) is 0.464. The van der Waals surface area contributed by atoms with Crippen molar-refractivity contribution < 1.29 is 9.53 Å². The summed E-state index contributed by atoms with van der Waals surface area (Å²) in [6, 6.07) is 15.4. The van der Waals surface area contributed by atoms with Crippen molar-refractivity contribution >= 4 is 11.5 Å². The molecule has 0 bridgehead atoms. The number of hydrogen-bond donors (Lipinski definition) is 0. The van der Waals surface area contributed by atoms with E-state index in [9.17, 15) is 4.79 Å². The van der Waals surface area contributed by atoms with Crippen molar-refractivity contribution in [3.05, 3.63) is 71.3 Å². The van der Waals surface area contributed by atoms with E-state index in [1.54, 1.807) is 0 Å². The molecule has 1 aliphatic carbocycles. The number of carbonyl (C=O) groups excluding carboxylic acids is 1. The summed E-state index contributed by atoms with van der Waals surface area (Å²) in [7, 11) is 0. The maximum atomic E-state index is 12.4. The average Bonchev–Trinajstić information content (AvgIpc) is 2.78. The Kier molecular flexibility index (Phi) is 8.74. The van der Waals surface area contributed by atoms with Crippen LogP contribution in [0.25, 0.3) is 5.57 Å². The van der Waals surface area contributed by atoms with E-state index in [2.05, 4.69) is 25.1 Å². The van der Waals surface area contributed by atoms with Crippen LogP contribution in [0.15, 0.2) is 54.6 Å². The topological polar surface area (TPSA) is 26.3 Å². The number of esters is 1. The Bertz CT molecular complexity index is 815. The van der Waals surface area contributed by atoms with E-state index in [4.69, 9.17) is 4.74 Å². The molecule has 0 N–H and O–H groups in total. The first-order valence-corrected chi connectivity index (χ1v) is 11.7. The lowest BCUT2D eigenvalue weighted by molar-refractivity contribution is 0.0734. The molecule has 30 heavy (non-hydrogen) atoms. The quantitative estimate of drug-likeness (QED) is 0.227. The number of rotatable bonds is 10. The van der Waals surface area contributed by atoms with E-state index < -0.39 is 0 Å². The lowest BCUT2D eigenvalue weighted by Gasteiger charge is -2.22. The molecule has 1 aliphatic rings. The van der Waals surface area contributed by atoms with Crippen molar-refractivity contribution in [3.8, 4) is 5.75 Å². The summed E-state index contributed by atoms with van der Waals surface area (Å²) in [5.41, 5.74) is 4.40. The Labute approximate surface area is 182 Å². The Morgan fingerprint density at radius 3 is 2.30 bits per heavy atom. The van der Waals surface area contributed by atoms with Crippen LogP contribution in [-0.2, 0) is 0 Å². The molecule has 2 nitrogen and oxygen atoms in total. The first-order chi connectivity index (χ1) is 14.7. The lowest BCUT2D eigenvalue weighted by Crippen LogP contribution is -2.09. The number of ether oxygens (including phenoxy) is 1. The van der Waals surface area contributed by atoms with E-state index >= 15 is 0 Å². The highest BCUT2D eigenvalue weighted by atomic mass is 16.5. The maximum Gasteiger partial charge on any atom is 0.343 e. The fourth-order valence-electron chi connectivity index (χ4n) is 4.22. The first-order valence-electron chi connectivity index (χ1n) is 11.7. The molecule has 2 aromatic carbocycles. The SMILES string of the molecule is CCCCCCCCC1CC=C(c2ccc(C(=O)Oc3ccc(C)cc3)cc2)CC1. The summed E-state index contributed by atoms with van der Waals surface area (Å²) in [6.07, 6.45) is 15.7. The number of hydrogen-bond acceptors (Lipinski definition) is 2. The van der Waals surface area contributed by atoms with Gasteiger partial charge >= 0.3 is 5.97 Å². The summed E-state index contributed by atoms with van der Waals surface area (Å²) in [6.45, 7) is 4.29. The maximum absolute atomic E-state index is 12.4. The van der Waals surface area contributed by atoms with Crippen molar-refractivity contribution in [1.29, 1.82) is 0 Å². The zero-order valence-electron chi connectivity index (χ0n) is 18.7. The van der Waals surface area contributed by atoms with Crippen molar-refractivity contribution in [2.45, 2.75) is 78.1 Å². The molecule has 1 atom stereocenters. The molecule has 0 saturated carbocycles. The smallest absolute Gasteiger partial charge is 0.343 e. The monoisotopic (exact) mass is 404 g/mol. The average molecular weight is 405 g/mol. The molecule has 0 aromatic heterocycles. The van der Waals surface area contributed by atoms with Gasteiger partial charge in [-0.1, -0.05) is 87.8 Å². The second kappa shape index (κ2) is 11.7. The fourth-order valence-corrected chi connectivity index (χ4v) is 4.22. The standard InChI is InChI=1S/C28H36O2/c1-3-4-5-6-7-8-9-23-12-14-24(15-13-23)25-16-18-26(19-17-25)28(29)30-27-20-10-22(2)11-21-27/h10-11,14,16-21,23H,3-9,12-13,15H2,1-2H3. The summed E-state index contributed by atoms with van der Waals surface area (Å²) in [5, 5.41) is 0. The van der Waals surface area contributed by atoms with Crippen LogP contribution in [0, 0.1) is 12.8 Å². The van der Waals surface area contributed by atoms with Gasteiger partial charge in [0.15, 0.2) is 0 Å². The van der Waals surface area contributed by atoms with Crippen LogP contribution in [0.3, 0.4) is 0 Å². The molecule has 0 spiro atoms. The van der Waals surface area contributed by atoms with Crippen molar-refractivity contribution in [2.75, 3.05) is 0 Å². The highest BCUT2D eigenvalue weighted by molar-refractivity contribution is 5.91. The summed E-state index contributed by atoms with van der Waals surface area (Å²) < 4.78 is 5.47.